The molecular weight excluding hydrogens is 398 g/mol. The van der Waals surface area contributed by atoms with Crippen LogP contribution < -0.4 is 16.0 Å². The lowest BCUT2D eigenvalue weighted by Crippen LogP contribution is -2.36. The zero-order valence-corrected chi connectivity index (χ0v) is 16.9. The van der Waals surface area contributed by atoms with Gasteiger partial charge in [0.2, 0.25) is 0 Å². The summed E-state index contributed by atoms with van der Waals surface area (Å²) in [4.78, 5) is 24.1. The van der Waals surface area contributed by atoms with Crippen molar-refractivity contribution >= 4 is 29.2 Å². The molecule has 0 atom stereocenters. The first-order valence-electron chi connectivity index (χ1n) is 9.36. The molecule has 0 heterocycles. The Morgan fingerprint density at radius 3 is 2.23 bits per heavy atom. The number of anilines is 1. The smallest absolute Gasteiger partial charge is 0.319 e. The van der Waals surface area contributed by atoms with Gasteiger partial charge in [-0.3, -0.25) is 4.79 Å². The fraction of sp³-hybridized carbons (Fsp3) is 0.0833. The molecule has 0 unspecified atom stereocenters. The lowest BCUT2D eigenvalue weighted by atomic mass is 10.1. The summed E-state index contributed by atoms with van der Waals surface area (Å²) in [5.41, 5.74) is 2.75. The molecule has 0 aromatic heterocycles. The fourth-order valence-electron chi connectivity index (χ4n) is 2.61. The summed E-state index contributed by atoms with van der Waals surface area (Å²) in [5, 5.41) is 8.56. The molecule has 0 saturated carbocycles. The standard InChI is InChI=1S/C24H20ClN3O2/c25-22-12-5-4-11-21(22)23(29)26-15-16-27-24(30)28-20-10-6-9-19(17-20)14-13-18-7-2-1-3-8-18/h1-12,17H,15-16H2,(H,26,29)(H2,27,28,30). The van der Waals surface area contributed by atoms with Gasteiger partial charge in [0.15, 0.2) is 0 Å². The van der Waals surface area contributed by atoms with Crippen molar-refractivity contribution in [1.29, 1.82) is 0 Å². The third kappa shape index (κ3) is 6.40. The van der Waals surface area contributed by atoms with Gasteiger partial charge in [0.1, 0.15) is 0 Å². The zero-order chi connectivity index (χ0) is 21.2. The molecule has 3 aromatic carbocycles. The van der Waals surface area contributed by atoms with Crippen LogP contribution in [0.5, 0.6) is 0 Å². The highest BCUT2D eigenvalue weighted by Crippen LogP contribution is 2.14. The molecule has 150 valence electrons. The van der Waals surface area contributed by atoms with E-state index < -0.39 is 0 Å². The third-order valence-electron chi connectivity index (χ3n) is 4.06. The predicted octanol–water partition coefficient (Wildman–Crippen LogP) is 4.29. The molecule has 0 aliphatic carbocycles. The number of halogens is 1. The second-order valence-corrected chi connectivity index (χ2v) is 6.72. The Bertz CT molecular complexity index is 1090. The van der Waals surface area contributed by atoms with E-state index in [0.29, 0.717) is 16.3 Å². The van der Waals surface area contributed by atoms with Crippen molar-refractivity contribution in [3.05, 3.63) is 101 Å². The highest BCUT2D eigenvalue weighted by atomic mass is 35.5. The molecular formula is C24H20ClN3O2. The van der Waals surface area contributed by atoms with Crippen molar-refractivity contribution in [2.45, 2.75) is 0 Å². The Morgan fingerprint density at radius 2 is 1.43 bits per heavy atom. The molecule has 3 rings (SSSR count). The molecule has 6 heteroatoms. The van der Waals surface area contributed by atoms with Gasteiger partial charge >= 0.3 is 6.03 Å². The van der Waals surface area contributed by atoms with Crippen molar-refractivity contribution in [1.82, 2.24) is 10.6 Å². The molecule has 5 nitrogen and oxygen atoms in total. The van der Waals surface area contributed by atoms with E-state index in [2.05, 4.69) is 27.8 Å². The Balaban J connectivity index is 1.46. The van der Waals surface area contributed by atoms with Crippen LogP contribution in [0.15, 0.2) is 78.9 Å². The van der Waals surface area contributed by atoms with Gasteiger partial charge in [-0.15, -0.1) is 0 Å². The Kier molecular flexibility index (Phi) is 7.48. The average Bonchev–Trinajstić information content (AvgIpc) is 2.76. The van der Waals surface area contributed by atoms with Gasteiger partial charge in [0, 0.05) is 29.9 Å². The van der Waals surface area contributed by atoms with Crippen molar-refractivity contribution in [3.63, 3.8) is 0 Å². The molecule has 0 fully saturated rings. The average molecular weight is 418 g/mol. The van der Waals surface area contributed by atoms with Crippen LogP contribution in [0.4, 0.5) is 10.5 Å². The first-order chi connectivity index (χ1) is 14.6. The van der Waals surface area contributed by atoms with Gasteiger partial charge < -0.3 is 16.0 Å². The summed E-state index contributed by atoms with van der Waals surface area (Å²) < 4.78 is 0. The van der Waals surface area contributed by atoms with E-state index in [1.54, 1.807) is 36.4 Å². The number of urea groups is 1. The maximum absolute atomic E-state index is 12.1. The summed E-state index contributed by atoms with van der Waals surface area (Å²) in [6.07, 6.45) is 0. The number of carbonyl (C=O) groups is 2. The number of nitrogens with one attached hydrogen (secondary N) is 3. The van der Waals surface area contributed by atoms with Crippen LogP contribution in [-0.4, -0.2) is 25.0 Å². The lowest BCUT2D eigenvalue weighted by Gasteiger charge is -2.09. The number of hydrogen-bond donors (Lipinski definition) is 3. The van der Waals surface area contributed by atoms with E-state index in [1.165, 1.54) is 0 Å². The van der Waals surface area contributed by atoms with Gasteiger partial charge in [0.25, 0.3) is 5.91 Å². The van der Waals surface area contributed by atoms with Gasteiger partial charge in [-0.25, -0.2) is 4.79 Å². The Labute approximate surface area is 180 Å². The quantitative estimate of drug-likeness (QED) is 0.428. The minimum absolute atomic E-state index is 0.273. The molecule has 30 heavy (non-hydrogen) atoms. The maximum atomic E-state index is 12.1. The van der Waals surface area contributed by atoms with E-state index in [4.69, 9.17) is 11.6 Å². The van der Waals surface area contributed by atoms with Crippen LogP contribution in [-0.2, 0) is 0 Å². The largest absolute Gasteiger partial charge is 0.350 e. The number of carbonyl (C=O) groups excluding carboxylic acids is 2. The van der Waals surface area contributed by atoms with Crippen molar-refractivity contribution in [2.24, 2.45) is 0 Å². The van der Waals surface area contributed by atoms with Crippen LogP contribution in [0.25, 0.3) is 0 Å². The Morgan fingerprint density at radius 1 is 0.767 bits per heavy atom. The SMILES string of the molecule is O=C(NCCNC(=O)c1ccccc1Cl)Nc1cccc(C#Cc2ccccc2)c1. The zero-order valence-electron chi connectivity index (χ0n) is 16.1. The minimum Gasteiger partial charge on any atom is -0.350 e. The van der Waals surface area contributed by atoms with Crippen LogP contribution in [0, 0.1) is 11.8 Å². The first-order valence-corrected chi connectivity index (χ1v) is 9.74. The number of rotatable bonds is 5. The van der Waals surface area contributed by atoms with Gasteiger partial charge in [0.05, 0.1) is 10.6 Å². The summed E-state index contributed by atoms with van der Waals surface area (Å²) in [6.45, 7) is 0.551. The summed E-state index contributed by atoms with van der Waals surface area (Å²) in [7, 11) is 0. The molecule has 0 radical (unpaired) electrons. The van der Waals surface area contributed by atoms with E-state index in [1.807, 2.05) is 42.5 Å². The topological polar surface area (TPSA) is 70.2 Å². The van der Waals surface area contributed by atoms with Crippen molar-refractivity contribution in [2.75, 3.05) is 18.4 Å². The highest BCUT2D eigenvalue weighted by Gasteiger charge is 2.08. The number of amides is 3. The van der Waals surface area contributed by atoms with Crippen LogP contribution in [0.2, 0.25) is 5.02 Å². The monoisotopic (exact) mass is 417 g/mol. The van der Waals surface area contributed by atoms with E-state index >= 15 is 0 Å². The van der Waals surface area contributed by atoms with Crippen LogP contribution in [0.1, 0.15) is 21.5 Å². The normalized spacial score (nSPS) is 9.77. The van der Waals surface area contributed by atoms with Gasteiger partial charge in [-0.1, -0.05) is 59.8 Å². The summed E-state index contributed by atoms with van der Waals surface area (Å²) >= 11 is 5.99. The maximum Gasteiger partial charge on any atom is 0.319 e. The van der Waals surface area contributed by atoms with E-state index in [0.717, 1.165) is 11.1 Å². The lowest BCUT2D eigenvalue weighted by molar-refractivity contribution is 0.0954. The molecule has 0 spiro atoms. The first kappa shape index (κ1) is 21.0. The second-order valence-electron chi connectivity index (χ2n) is 6.31. The molecule has 0 saturated heterocycles. The molecule has 0 bridgehead atoms. The third-order valence-corrected chi connectivity index (χ3v) is 4.39. The van der Waals surface area contributed by atoms with Crippen molar-refractivity contribution < 1.29 is 9.59 Å². The molecule has 3 amide bonds. The van der Waals surface area contributed by atoms with Crippen LogP contribution in [0.3, 0.4) is 0 Å². The molecule has 3 N–H and O–H groups in total. The van der Waals surface area contributed by atoms with Gasteiger partial charge in [-0.05, 0) is 42.5 Å². The van der Waals surface area contributed by atoms with Crippen LogP contribution >= 0.6 is 11.6 Å². The molecule has 3 aromatic rings. The minimum atomic E-state index is -0.366. The summed E-state index contributed by atoms with van der Waals surface area (Å²) in [5.74, 6) is 5.88. The number of benzene rings is 3. The highest BCUT2D eigenvalue weighted by molar-refractivity contribution is 6.33. The second kappa shape index (κ2) is 10.7. The Hall–Kier alpha value is -3.75. The van der Waals surface area contributed by atoms with Crippen molar-refractivity contribution in [3.8, 4) is 11.8 Å². The summed E-state index contributed by atoms with van der Waals surface area (Å²) in [6, 6.07) is 23.4. The predicted molar refractivity (Wildman–Crippen MR) is 120 cm³/mol. The molecule has 0 aliphatic heterocycles. The number of hydrogen-bond acceptors (Lipinski definition) is 2. The fourth-order valence-corrected chi connectivity index (χ4v) is 2.83. The molecule has 0 aliphatic rings. The van der Waals surface area contributed by atoms with E-state index in [-0.39, 0.29) is 25.0 Å². The van der Waals surface area contributed by atoms with Gasteiger partial charge in [-0.2, -0.15) is 0 Å². The van der Waals surface area contributed by atoms with E-state index in [9.17, 15) is 9.59 Å².